The molecule has 5 nitrogen and oxygen atoms in total. The molecule has 0 unspecified atom stereocenters. The summed E-state index contributed by atoms with van der Waals surface area (Å²) in [6.45, 7) is 0.427. The van der Waals surface area contributed by atoms with Gasteiger partial charge in [0.05, 0.1) is 5.56 Å². The second kappa shape index (κ2) is 7.85. The van der Waals surface area contributed by atoms with Crippen molar-refractivity contribution in [3.63, 3.8) is 0 Å². The van der Waals surface area contributed by atoms with Gasteiger partial charge in [-0.1, -0.05) is 35.9 Å². The second-order valence-corrected chi connectivity index (χ2v) is 6.09. The molecular formula is C19H19ClN4O. The molecule has 0 N–H and O–H groups in total. The van der Waals surface area contributed by atoms with Crippen molar-refractivity contribution in [2.75, 3.05) is 14.1 Å². The maximum Gasteiger partial charge on any atom is 0.168 e. The molecule has 0 amide bonds. The normalized spacial score (nSPS) is 11.4. The lowest BCUT2D eigenvalue weighted by Crippen LogP contribution is -2.18. The topological polar surface area (TPSA) is 42.6 Å². The van der Waals surface area contributed by atoms with Crippen LogP contribution in [0, 0.1) is 0 Å². The number of benzene rings is 2. The van der Waals surface area contributed by atoms with Crippen molar-refractivity contribution in [2.24, 2.45) is 5.10 Å². The number of rotatable bonds is 5. The van der Waals surface area contributed by atoms with E-state index in [0.717, 1.165) is 22.7 Å². The summed E-state index contributed by atoms with van der Waals surface area (Å²) in [5.41, 5.74) is 1.90. The largest absolute Gasteiger partial charge is 0.488 e. The molecule has 1 aromatic heterocycles. The average Bonchev–Trinajstić information content (AvgIpc) is 3.12. The molecule has 0 radical (unpaired) electrons. The smallest absolute Gasteiger partial charge is 0.168 e. The van der Waals surface area contributed by atoms with Crippen LogP contribution in [0.1, 0.15) is 11.1 Å². The monoisotopic (exact) mass is 354 g/mol. The highest BCUT2D eigenvalue weighted by atomic mass is 35.5. The molecule has 0 saturated heterocycles. The maximum absolute atomic E-state index is 6.05. The van der Waals surface area contributed by atoms with Gasteiger partial charge in [0.2, 0.25) is 0 Å². The Kier molecular flexibility index (Phi) is 5.36. The van der Waals surface area contributed by atoms with Crippen molar-refractivity contribution in [1.29, 1.82) is 0 Å². The van der Waals surface area contributed by atoms with Gasteiger partial charge in [0, 0.05) is 31.5 Å². The van der Waals surface area contributed by atoms with Crippen molar-refractivity contribution in [3.8, 4) is 5.75 Å². The summed E-state index contributed by atoms with van der Waals surface area (Å²) in [6, 6.07) is 15.5. The van der Waals surface area contributed by atoms with Crippen LogP contribution >= 0.6 is 11.6 Å². The first kappa shape index (κ1) is 17.0. The van der Waals surface area contributed by atoms with E-state index >= 15 is 0 Å². The van der Waals surface area contributed by atoms with Gasteiger partial charge in [-0.3, -0.25) is 4.57 Å². The number of hydrogen-bond acceptors (Lipinski definition) is 4. The minimum absolute atomic E-state index is 0.427. The van der Waals surface area contributed by atoms with E-state index in [2.05, 4.69) is 10.1 Å². The highest BCUT2D eigenvalue weighted by Gasteiger charge is 2.13. The maximum atomic E-state index is 6.05. The Hall–Kier alpha value is -2.79. The second-order valence-electron chi connectivity index (χ2n) is 5.66. The number of nitrogens with zero attached hydrogens (tertiary/aromatic N) is 4. The summed E-state index contributed by atoms with van der Waals surface area (Å²) in [5, 5.41) is 7.04. The highest BCUT2D eigenvalue weighted by molar-refractivity contribution is 6.30. The Morgan fingerprint density at radius 2 is 2.04 bits per heavy atom. The highest BCUT2D eigenvalue weighted by Crippen LogP contribution is 2.22. The van der Waals surface area contributed by atoms with Gasteiger partial charge >= 0.3 is 0 Å². The average molecular weight is 355 g/mol. The summed E-state index contributed by atoms with van der Waals surface area (Å²) in [4.78, 5) is 4.12. The van der Waals surface area contributed by atoms with Gasteiger partial charge in [-0.25, -0.2) is 4.98 Å². The molecular weight excluding hydrogens is 336 g/mol. The number of halogens is 1. The van der Waals surface area contributed by atoms with Crippen molar-refractivity contribution in [1.82, 2.24) is 14.6 Å². The molecule has 0 aliphatic carbocycles. The standard InChI is InChI=1S/C19H19ClN4O/c1-23(2)22-19(24-11-10-21-14-24)17-8-3-4-9-18(17)25-13-15-6-5-7-16(20)12-15/h3-12,14H,13H2,1-2H3/b22-19+. The molecule has 0 fully saturated rings. The van der Waals surface area contributed by atoms with Crippen molar-refractivity contribution < 1.29 is 4.74 Å². The molecule has 0 atom stereocenters. The molecule has 2 aromatic carbocycles. The van der Waals surface area contributed by atoms with Gasteiger partial charge in [0.15, 0.2) is 5.84 Å². The van der Waals surface area contributed by atoms with Gasteiger partial charge in [-0.15, -0.1) is 0 Å². The van der Waals surface area contributed by atoms with E-state index in [-0.39, 0.29) is 0 Å². The number of aromatic nitrogens is 2. The Labute approximate surface area is 152 Å². The quantitative estimate of drug-likeness (QED) is 0.396. The predicted molar refractivity (Wildman–Crippen MR) is 100 cm³/mol. The summed E-state index contributed by atoms with van der Waals surface area (Å²) < 4.78 is 7.91. The number of para-hydroxylation sites is 1. The van der Waals surface area contributed by atoms with Gasteiger partial charge in [-0.2, -0.15) is 5.10 Å². The van der Waals surface area contributed by atoms with Crippen LogP contribution < -0.4 is 4.74 Å². The van der Waals surface area contributed by atoms with Crippen LogP contribution in [-0.2, 0) is 6.61 Å². The van der Waals surface area contributed by atoms with Crippen molar-refractivity contribution in [3.05, 3.63) is 83.4 Å². The Morgan fingerprint density at radius 1 is 1.20 bits per heavy atom. The van der Waals surface area contributed by atoms with Crippen LogP contribution in [0.4, 0.5) is 0 Å². The fourth-order valence-electron chi connectivity index (χ4n) is 2.38. The van der Waals surface area contributed by atoms with E-state index in [1.807, 2.05) is 73.4 Å². The molecule has 3 aromatic rings. The third-order valence-electron chi connectivity index (χ3n) is 3.46. The summed E-state index contributed by atoms with van der Waals surface area (Å²) >= 11 is 6.04. The lowest BCUT2D eigenvalue weighted by atomic mass is 10.1. The van der Waals surface area contributed by atoms with Crippen molar-refractivity contribution in [2.45, 2.75) is 6.61 Å². The summed E-state index contributed by atoms with van der Waals surface area (Å²) in [5.74, 6) is 1.49. The van der Waals surface area contributed by atoms with Gasteiger partial charge in [0.1, 0.15) is 18.7 Å². The summed E-state index contributed by atoms with van der Waals surface area (Å²) in [6.07, 6.45) is 5.30. The first-order chi connectivity index (χ1) is 12.1. The molecule has 0 bridgehead atoms. The molecule has 0 saturated carbocycles. The zero-order chi connectivity index (χ0) is 17.6. The van der Waals surface area contributed by atoms with E-state index in [1.165, 1.54) is 0 Å². The van der Waals surface area contributed by atoms with Crippen LogP contribution in [0.3, 0.4) is 0 Å². The first-order valence-corrected chi connectivity index (χ1v) is 8.22. The van der Waals surface area contributed by atoms with Gasteiger partial charge in [-0.05, 0) is 29.8 Å². The molecule has 128 valence electrons. The number of ether oxygens (including phenoxy) is 1. The molecule has 6 heteroatoms. The molecule has 1 heterocycles. The molecule has 0 aliphatic heterocycles. The Morgan fingerprint density at radius 3 is 2.76 bits per heavy atom. The number of hydrazone groups is 1. The number of hydrogen-bond donors (Lipinski definition) is 0. The van der Waals surface area contributed by atoms with E-state index in [0.29, 0.717) is 11.6 Å². The molecule has 0 spiro atoms. The SMILES string of the molecule is CN(C)/N=C(\c1ccccc1OCc1cccc(Cl)c1)n1ccnc1. The van der Waals surface area contributed by atoms with E-state index in [9.17, 15) is 0 Å². The lowest BCUT2D eigenvalue weighted by Gasteiger charge is -2.16. The zero-order valence-corrected chi connectivity index (χ0v) is 14.9. The van der Waals surface area contributed by atoms with E-state index in [4.69, 9.17) is 16.3 Å². The van der Waals surface area contributed by atoms with Crippen LogP contribution in [0.25, 0.3) is 0 Å². The molecule has 25 heavy (non-hydrogen) atoms. The molecule has 3 rings (SSSR count). The van der Waals surface area contributed by atoms with Crippen LogP contribution in [0.15, 0.2) is 72.4 Å². The van der Waals surface area contributed by atoms with Crippen LogP contribution in [0.2, 0.25) is 5.02 Å². The molecule has 0 aliphatic rings. The third-order valence-corrected chi connectivity index (χ3v) is 3.69. The van der Waals surface area contributed by atoms with Crippen LogP contribution in [0.5, 0.6) is 5.75 Å². The minimum atomic E-state index is 0.427. The first-order valence-electron chi connectivity index (χ1n) is 7.84. The Bertz CT molecular complexity index is 859. The van der Waals surface area contributed by atoms with Gasteiger partial charge < -0.3 is 9.75 Å². The fraction of sp³-hybridized carbons (Fsp3) is 0.158. The van der Waals surface area contributed by atoms with E-state index in [1.54, 1.807) is 17.5 Å². The Balaban J connectivity index is 1.91. The van der Waals surface area contributed by atoms with Crippen LogP contribution in [-0.4, -0.2) is 34.5 Å². The third kappa shape index (κ3) is 4.39. The van der Waals surface area contributed by atoms with Gasteiger partial charge in [0.25, 0.3) is 0 Å². The van der Waals surface area contributed by atoms with E-state index < -0.39 is 0 Å². The van der Waals surface area contributed by atoms with Crippen molar-refractivity contribution >= 4 is 17.4 Å². The minimum Gasteiger partial charge on any atom is -0.488 e. The zero-order valence-electron chi connectivity index (χ0n) is 14.1. The fourth-order valence-corrected chi connectivity index (χ4v) is 2.60. The predicted octanol–water partition coefficient (Wildman–Crippen LogP) is 3.89. The summed E-state index contributed by atoms with van der Waals surface area (Å²) in [7, 11) is 3.76. The number of imidazole rings is 1. The lowest BCUT2D eigenvalue weighted by molar-refractivity contribution is 0.305.